The maximum atomic E-state index is 13.5. The summed E-state index contributed by atoms with van der Waals surface area (Å²) in [7, 11) is 0. The van der Waals surface area contributed by atoms with Gasteiger partial charge in [-0.05, 0) is 52.4 Å². The van der Waals surface area contributed by atoms with Gasteiger partial charge in [0.2, 0.25) is 11.9 Å². The number of carbonyl (C=O) groups excluding carboxylic acids is 2. The first-order valence-corrected chi connectivity index (χ1v) is 11.4. The normalized spacial score (nSPS) is 12.7. The fourth-order valence-corrected chi connectivity index (χ4v) is 4.63. The van der Waals surface area contributed by atoms with Crippen LogP contribution in [0.5, 0.6) is 0 Å². The number of amides is 2. The highest BCUT2D eigenvalue weighted by molar-refractivity contribution is 6.18. The Labute approximate surface area is 201 Å². The molecule has 1 aliphatic heterocycles. The summed E-state index contributed by atoms with van der Waals surface area (Å²) >= 11 is 5.92. The molecule has 0 fully saturated rings. The predicted molar refractivity (Wildman–Crippen MR) is 132 cm³/mol. The lowest BCUT2D eigenvalue weighted by Gasteiger charge is -2.17. The zero-order valence-corrected chi connectivity index (χ0v) is 19.0. The summed E-state index contributed by atoms with van der Waals surface area (Å²) in [5, 5.41) is 0.561. The van der Waals surface area contributed by atoms with Gasteiger partial charge >= 0.3 is 0 Å². The van der Waals surface area contributed by atoms with Crippen LogP contribution in [0.15, 0.2) is 60.7 Å². The number of nitrogens with zero attached hydrogens (tertiary/aromatic N) is 3. The molecule has 7 nitrogen and oxygen atoms in total. The van der Waals surface area contributed by atoms with E-state index >= 15 is 0 Å². The van der Waals surface area contributed by atoms with E-state index < -0.39 is 5.91 Å². The number of halogens is 1. The van der Waals surface area contributed by atoms with Crippen LogP contribution in [0.1, 0.15) is 37.5 Å². The molecule has 0 bridgehead atoms. The van der Waals surface area contributed by atoms with E-state index in [-0.39, 0.29) is 17.5 Å². The van der Waals surface area contributed by atoms with Gasteiger partial charge in [0.05, 0.1) is 5.52 Å². The van der Waals surface area contributed by atoms with Crippen molar-refractivity contribution in [1.82, 2.24) is 14.9 Å². The van der Waals surface area contributed by atoms with Crippen molar-refractivity contribution in [2.24, 2.45) is 5.73 Å². The Morgan fingerprint density at radius 2 is 1.71 bits per heavy atom. The van der Waals surface area contributed by atoms with E-state index in [0.29, 0.717) is 47.4 Å². The second kappa shape index (κ2) is 8.76. The van der Waals surface area contributed by atoms with Crippen molar-refractivity contribution >= 4 is 40.3 Å². The topological polar surface area (TPSA) is 115 Å². The number of hydrogen-bond acceptors (Lipinski definition) is 5. The fourth-order valence-electron chi connectivity index (χ4n) is 4.41. The van der Waals surface area contributed by atoms with Crippen molar-refractivity contribution in [2.45, 2.75) is 19.5 Å². The summed E-state index contributed by atoms with van der Waals surface area (Å²) < 4.78 is 0. The molecule has 0 aliphatic carbocycles. The average Bonchev–Trinajstić information content (AvgIpc) is 3.27. The summed E-state index contributed by atoms with van der Waals surface area (Å²) in [4.78, 5) is 36.0. The van der Waals surface area contributed by atoms with Crippen LogP contribution in [0.3, 0.4) is 0 Å². The number of rotatable bonds is 5. The first kappa shape index (κ1) is 21.9. The van der Waals surface area contributed by atoms with Crippen LogP contribution in [-0.4, -0.2) is 32.6 Å². The van der Waals surface area contributed by atoms with Crippen molar-refractivity contribution in [3.05, 3.63) is 88.6 Å². The van der Waals surface area contributed by atoms with Gasteiger partial charge in [0, 0.05) is 29.9 Å². The number of primary amides is 1. The van der Waals surface area contributed by atoms with Crippen LogP contribution >= 0.6 is 11.6 Å². The van der Waals surface area contributed by atoms with Gasteiger partial charge in [0.1, 0.15) is 5.69 Å². The van der Waals surface area contributed by atoms with Crippen molar-refractivity contribution in [1.29, 1.82) is 0 Å². The van der Waals surface area contributed by atoms with Crippen molar-refractivity contribution in [3.8, 4) is 11.1 Å². The zero-order valence-electron chi connectivity index (χ0n) is 18.3. The van der Waals surface area contributed by atoms with Gasteiger partial charge in [-0.25, -0.2) is 9.97 Å². The number of aryl methyl sites for hydroxylation is 1. The minimum Gasteiger partial charge on any atom is -0.368 e. The molecule has 0 spiro atoms. The molecule has 170 valence electrons. The van der Waals surface area contributed by atoms with E-state index in [0.717, 1.165) is 22.3 Å². The Morgan fingerprint density at radius 3 is 2.38 bits per heavy atom. The molecule has 4 aromatic rings. The van der Waals surface area contributed by atoms with E-state index in [4.69, 9.17) is 23.1 Å². The Morgan fingerprint density at radius 1 is 0.971 bits per heavy atom. The SMILES string of the molecule is NC(=O)c1ccc(CCCl)cc1-c1ccc2nc(N)nc(C(=O)N3Cc4ccccc4C3)c2c1. The molecular formula is C26H22ClN5O2. The molecule has 1 aliphatic rings. The van der Waals surface area contributed by atoms with Crippen molar-refractivity contribution in [3.63, 3.8) is 0 Å². The minimum absolute atomic E-state index is 0.0299. The fraction of sp³-hybridized carbons (Fsp3) is 0.154. The van der Waals surface area contributed by atoms with Crippen LogP contribution in [0.2, 0.25) is 0 Å². The van der Waals surface area contributed by atoms with E-state index in [1.54, 1.807) is 17.0 Å². The van der Waals surface area contributed by atoms with Gasteiger partial charge in [-0.1, -0.05) is 42.5 Å². The maximum Gasteiger partial charge on any atom is 0.273 e. The summed E-state index contributed by atoms with van der Waals surface area (Å²) in [6, 6.07) is 18.8. The molecule has 0 unspecified atom stereocenters. The maximum absolute atomic E-state index is 13.5. The number of carbonyl (C=O) groups is 2. The number of alkyl halides is 1. The molecule has 5 rings (SSSR count). The average molecular weight is 472 g/mol. The lowest BCUT2D eigenvalue weighted by atomic mass is 9.94. The van der Waals surface area contributed by atoms with E-state index in [1.807, 2.05) is 48.5 Å². The molecule has 2 amide bonds. The molecule has 0 saturated carbocycles. The Balaban J connectivity index is 1.61. The number of benzene rings is 3. The lowest BCUT2D eigenvalue weighted by Crippen LogP contribution is -2.27. The molecular weight excluding hydrogens is 450 g/mol. The van der Waals surface area contributed by atoms with Crippen LogP contribution < -0.4 is 11.5 Å². The quantitative estimate of drug-likeness (QED) is 0.428. The highest BCUT2D eigenvalue weighted by atomic mass is 35.5. The molecule has 0 atom stereocenters. The zero-order chi connectivity index (χ0) is 23.8. The number of hydrogen-bond donors (Lipinski definition) is 2. The number of aromatic nitrogens is 2. The van der Waals surface area contributed by atoms with Crippen LogP contribution in [0, 0.1) is 0 Å². The monoisotopic (exact) mass is 471 g/mol. The Hall–Kier alpha value is -3.97. The molecule has 34 heavy (non-hydrogen) atoms. The highest BCUT2D eigenvalue weighted by Crippen LogP contribution is 2.31. The largest absolute Gasteiger partial charge is 0.368 e. The third-order valence-electron chi connectivity index (χ3n) is 6.09. The van der Waals surface area contributed by atoms with E-state index in [9.17, 15) is 9.59 Å². The summed E-state index contributed by atoms with van der Waals surface area (Å²) in [6.45, 7) is 1.01. The first-order chi connectivity index (χ1) is 16.4. The predicted octanol–water partition coefficient (Wildman–Crippen LogP) is 3.92. The Bertz CT molecular complexity index is 1430. The van der Waals surface area contributed by atoms with Crippen molar-refractivity contribution in [2.75, 3.05) is 11.6 Å². The number of nitrogen functional groups attached to an aromatic ring is 1. The van der Waals surface area contributed by atoms with Crippen molar-refractivity contribution < 1.29 is 9.59 Å². The summed E-state index contributed by atoms with van der Waals surface area (Å²) in [5.41, 5.74) is 17.4. The van der Waals surface area contributed by atoms with Gasteiger partial charge in [-0.15, -0.1) is 11.6 Å². The summed E-state index contributed by atoms with van der Waals surface area (Å²) in [5.74, 6) is -0.273. The van der Waals surface area contributed by atoms with Crippen LogP contribution in [0.4, 0.5) is 5.95 Å². The second-order valence-corrected chi connectivity index (χ2v) is 8.65. The lowest BCUT2D eigenvalue weighted by molar-refractivity contribution is 0.0747. The van der Waals surface area contributed by atoms with Gasteiger partial charge in [-0.2, -0.15) is 0 Å². The number of fused-ring (bicyclic) bond motifs is 2. The number of anilines is 1. The van der Waals surface area contributed by atoms with Gasteiger partial charge in [0.25, 0.3) is 5.91 Å². The van der Waals surface area contributed by atoms with E-state index in [1.165, 1.54) is 0 Å². The third-order valence-corrected chi connectivity index (χ3v) is 6.28. The number of nitrogens with two attached hydrogens (primary N) is 2. The molecule has 2 heterocycles. The molecule has 0 saturated heterocycles. The minimum atomic E-state index is -0.535. The molecule has 1 aromatic heterocycles. The van der Waals surface area contributed by atoms with Gasteiger partial charge in [0.15, 0.2) is 0 Å². The van der Waals surface area contributed by atoms with E-state index in [2.05, 4.69) is 9.97 Å². The smallest absolute Gasteiger partial charge is 0.273 e. The molecule has 3 aromatic carbocycles. The highest BCUT2D eigenvalue weighted by Gasteiger charge is 2.27. The van der Waals surface area contributed by atoms with Crippen LogP contribution in [0.25, 0.3) is 22.0 Å². The summed E-state index contributed by atoms with van der Waals surface area (Å²) in [6.07, 6.45) is 0.653. The molecule has 4 N–H and O–H groups in total. The first-order valence-electron chi connectivity index (χ1n) is 10.9. The van der Waals surface area contributed by atoms with Crippen LogP contribution in [-0.2, 0) is 19.5 Å². The second-order valence-electron chi connectivity index (χ2n) is 8.28. The molecule has 0 radical (unpaired) electrons. The third kappa shape index (κ3) is 3.95. The molecule has 8 heteroatoms. The standard InChI is InChI=1S/C26H22ClN5O2/c27-10-9-15-5-7-19(24(28)33)20(11-15)16-6-8-22-21(12-16)23(31-26(29)30-22)25(34)32-13-17-3-1-2-4-18(17)14-32/h1-8,11-12H,9-10,13-14H2,(H2,28,33)(H2,29,30,31). The Kier molecular flexibility index (Phi) is 5.63. The van der Waals surface area contributed by atoms with Gasteiger partial charge < -0.3 is 16.4 Å². The van der Waals surface area contributed by atoms with Gasteiger partial charge in [-0.3, -0.25) is 9.59 Å².